The Bertz CT molecular complexity index is 1100. The van der Waals surface area contributed by atoms with Crippen molar-refractivity contribution < 1.29 is 13.9 Å². The molecule has 2 atom stereocenters. The summed E-state index contributed by atoms with van der Waals surface area (Å²) in [7, 11) is 1.57. The van der Waals surface area contributed by atoms with Crippen molar-refractivity contribution in [2.24, 2.45) is 0 Å². The first-order valence-electron chi connectivity index (χ1n) is 9.23. The quantitative estimate of drug-likeness (QED) is 0.605. The van der Waals surface area contributed by atoms with E-state index in [1.807, 2.05) is 6.07 Å². The topological polar surface area (TPSA) is 114 Å². The van der Waals surface area contributed by atoms with Gasteiger partial charge in [0, 0.05) is 5.69 Å². The van der Waals surface area contributed by atoms with Gasteiger partial charge in [0.15, 0.2) is 6.17 Å². The molecule has 1 aromatic heterocycles. The third-order valence-electron chi connectivity index (χ3n) is 4.83. The maximum Gasteiger partial charge on any atom is 0.265 e. The van der Waals surface area contributed by atoms with Crippen molar-refractivity contribution in [3.63, 3.8) is 0 Å². The summed E-state index contributed by atoms with van der Waals surface area (Å²) in [5.41, 5.74) is 1.83. The molecule has 1 amide bonds. The minimum absolute atomic E-state index is 0.107. The van der Waals surface area contributed by atoms with Gasteiger partial charge in [0.05, 0.1) is 25.0 Å². The van der Waals surface area contributed by atoms with Crippen LogP contribution >= 0.6 is 0 Å². The minimum Gasteiger partial charge on any atom is -0.497 e. The van der Waals surface area contributed by atoms with Gasteiger partial charge in [-0.2, -0.15) is 5.26 Å². The average Bonchev–Trinajstić information content (AvgIpc) is 3.27. The average molecular weight is 401 g/mol. The number of amides is 1. The summed E-state index contributed by atoms with van der Waals surface area (Å²) < 4.78 is 10.6. The Balaban J connectivity index is 1.67. The van der Waals surface area contributed by atoms with Crippen LogP contribution in [0.15, 0.2) is 71.3 Å². The SMILES string of the molecule is COc1ccc(N2C(=N)c3ccoc3NC2C(=O)NC(C#N)c2ccccc2)cc1. The highest BCUT2D eigenvalue weighted by Gasteiger charge is 2.37. The third kappa shape index (κ3) is 3.44. The molecule has 8 heteroatoms. The number of rotatable bonds is 5. The molecule has 0 radical (unpaired) electrons. The highest BCUT2D eigenvalue weighted by atomic mass is 16.5. The molecule has 1 aliphatic heterocycles. The second-order valence-electron chi connectivity index (χ2n) is 6.61. The molecule has 30 heavy (non-hydrogen) atoms. The number of methoxy groups -OCH3 is 1. The van der Waals surface area contributed by atoms with Gasteiger partial charge in [-0.3, -0.25) is 15.1 Å². The first-order chi connectivity index (χ1) is 14.6. The molecule has 2 unspecified atom stereocenters. The molecule has 1 aliphatic rings. The van der Waals surface area contributed by atoms with E-state index in [-0.39, 0.29) is 5.84 Å². The number of anilines is 2. The fourth-order valence-electron chi connectivity index (χ4n) is 3.32. The van der Waals surface area contributed by atoms with Crippen molar-refractivity contribution in [1.82, 2.24) is 5.32 Å². The predicted molar refractivity (Wildman–Crippen MR) is 111 cm³/mol. The standard InChI is InChI=1S/C22H19N5O3/c1-29-16-9-7-15(8-10-16)27-19(24)17-11-12-30-22(17)26-20(27)21(28)25-18(13-23)14-5-3-2-4-6-14/h2-12,18,20,24,26H,1H3,(H,25,28). The van der Waals surface area contributed by atoms with Crippen LogP contribution in [0.1, 0.15) is 17.2 Å². The second kappa shape index (κ2) is 8.01. The van der Waals surface area contributed by atoms with Gasteiger partial charge >= 0.3 is 0 Å². The van der Waals surface area contributed by atoms with Crippen molar-refractivity contribution >= 4 is 23.3 Å². The third-order valence-corrected chi connectivity index (χ3v) is 4.83. The number of ether oxygens (including phenoxy) is 1. The van der Waals surface area contributed by atoms with Gasteiger partial charge < -0.3 is 19.8 Å². The van der Waals surface area contributed by atoms with Crippen LogP contribution in [0, 0.1) is 16.7 Å². The number of furan rings is 1. The fourth-order valence-corrected chi connectivity index (χ4v) is 3.32. The van der Waals surface area contributed by atoms with Crippen LogP contribution in [-0.2, 0) is 4.79 Å². The Hall–Kier alpha value is -4.25. The zero-order chi connectivity index (χ0) is 21.1. The Morgan fingerprint density at radius 3 is 2.63 bits per heavy atom. The van der Waals surface area contributed by atoms with Crippen LogP contribution in [-0.4, -0.2) is 25.0 Å². The van der Waals surface area contributed by atoms with Gasteiger partial charge in [-0.05, 0) is 35.9 Å². The summed E-state index contributed by atoms with van der Waals surface area (Å²) in [6.45, 7) is 0. The highest BCUT2D eigenvalue weighted by molar-refractivity contribution is 6.16. The Kier molecular flexibility index (Phi) is 5.09. The minimum atomic E-state index is -0.982. The van der Waals surface area contributed by atoms with Gasteiger partial charge in [-0.15, -0.1) is 0 Å². The van der Waals surface area contributed by atoms with Crippen molar-refractivity contribution in [2.75, 3.05) is 17.3 Å². The molecule has 2 aromatic carbocycles. The van der Waals surface area contributed by atoms with E-state index in [1.165, 1.54) is 6.26 Å². The molecule has 3 N–H and O–H groups in total. The van der Waals surface area contributed by atoms with E-state index in [9.17, 15) is 10.1 Å². The number of benzene rings is 2. The number of nitriles is 1. The number of fused-ring (bicyclic) bond motifs is 1. The molecule has 3 aromatic rings. The normalized spacial score (nSPS) is 16.1. The molecule has 150 valence electrons. The Labute approximate surface area is 173 Å². The Morgan fingerprint density at radius 2 is 1.97 bits per heavy atom. The molecular formula is C22H19N5O3. The lowest BCUT2D eigenvalue weighted by molar-refractivity contribution is -0.122. The first kappa shape index (κ1) is 19.1. The van der Waals surface area contributed by atoms with E-state index in [0.29, 0.717) is 28.4 Å². The summed E-state index contributed by atoms with van der Waals surface area (Å²) >= 11 is 0. The van der Waals surface area contributed by atoms with E-state index in [4.69, 9.17) is 14.6 Å². The van der Waals surface area contributed by atoms with Crippen LogP contribution < -0.4 is 20.3 Å². The van der Waals surface area contributed by atoms with Crippen LogP contribution in [0.3, 0.4) is 0 Å². The maximum atomic E-state index is 13.2. The van der Waals surface area contributed by atoms with Crippen molar-refractivity contribution in [1.29, 1.82) is 10.7 Å². The van der Waals surface area contributed by atoms with E-state index in [1.54, 1.807) is 66.6 Å². The molecule has 4 rings (SSSR count). The zero-order valence-electron chi connectivity index (χ0n) is 16.1. The monoisotopic (exact) mass is 401 g/mol. The number of hydrogen-bond acceptors (Lipinski definition) is 6. The molecule has 0 saturated heterocycles. The molecule has 2 heterocycles. The summed E-state index contributed by atoms with van der Waals surface area (Å²) in [5, 5.41) is 24.0. The van der Waals surface area contributed by atoms with Gasteiger partial charge in [0.1, 0.15) is 17.6 Å². The van der Waals surface area contributed by atoms with Gasteiger partial charge in [0.25, 0.3) is 5.91 Å². The summed E-state index contributed by atoms with van der Waals surface area (Å²) in [6, 6.07) is 19.0. The summed E-state index contributed by atoms with van der Waals surface area (Å²) in [6.07, 6.45) is 0.477. The number of hydrogen-bond donors (Lipinski definition) is 3. The van der Waals surface area contributed by atoms with E-state index < -0.39 is 18.1 Å². The molecule has 0 aliphatic carbocycles. The number of nitrogens with zero attached hydrogens (tertiary/aromatic N) is 2. The van der Waals surface area contributed by atoms with Gasteiger partial charge in [-0.25, -0.2) is 0 Å². The summed E-state index contributed by atoms with van der Waals surface area (Å²) in [5.74, 6) is 0.635. The first-order valence-corrected chi connectivity index (χ1v) is 9.23. The van der Waals surface area contributed by atoms with E-state index >= 15 is 0 Å². The van der Waals surface area contributed by atoms with Crippen LogP contribution in [0.2, 0.25) is 0 Å². The van der Waals surface area contributed by atoms with Crippen molar-refractivity contribution in [3.05, 3.63) is 78.1 Å². The summed E-state index contributed by atoms with van der Waals surface area (Å²) in [4.78, 5) is 14.7. The van der Waals surface area contributed by atoms with Crippen LogP contribution in [0.4, 0.5) is 11.6 Å². The molecule has 0 saturated carbocycles. The number of carbonyl (C=O) groups is 1. The van der Waals surface area contributed by atoms with Crippen molar-refractivity contribution in [2.45, 2.75) is 12.2 Å². The van der Waals surface area contributed by atoms with Crippen LogP contribution in [0.5, 0.6) is 5.75 Å². The number of amidine groups is 1. The molecule has 0 bridgehead atoms. The predicted octanol–water partition coefficient (Wildman–Crippen LogP) is 3.25. The second-order valence-corrected chi connectivity index (χ2v) is 6.61. The number of carbonyl (C=O) groups excluding carboxylic acids is 1. The lowest BCUT2D eigenvalue weighted by Gasteiger charge is -2.37. The van der Waals surface area contributed by atoms with Crippen LogP contribution in [0.25, 0.3) is 0 Å². The molecule has 0 spiro atoms. The molecule has 0 fully saturated rings. The maximum absolute atomic E-state index is 13.2. The highest BCUT2D eigenvalue weighted by Crippen LogP contribution is 2.31. The van der Waals surface area contributed by atoms with E-state index in [2.05, 4.69) is 16.7 Å². The van der Waals surface area contributed by atoms with Crippen molar-refractivity contribution in [3.8, 4) is 11.8 Å². The van der Waals surface area contributed by atoms with Gasteiger partial charge in [0.2, 0.25) is 5.88 Å². The number of nitrogens with one attached hydrogen (secondary N) is 3. The van der Waals surface area contributed by atoms with E-state index in [0.717, 1.165) is 0 Å². The lowest BCUT2D eigenvalue weighted by atomic mass is 10.1. The molecular weight excluding hydrogens is 382 g/mol. The smallest absolute Gasteiger partial charge is 0.265 e. The molecule has 8 nitrogen and oxygen atoms in total. The Morgan fingerprint density at radius 1 is 1.23 bits per heavy atom. The largest absolute Gasteiger partial charge is 0.497 e. The zero-order valence-corrected chi connectivity index (χ0v) is 16.1. The van der Waals surface area contributed by atoms with Gasteiger partial charge in [-0.1, -0.05) is 30.3 Å². The lowest BCUT2D eigenvalue weighted by Crippen LogP contribution is -2.57. The fraction of sp³-hybridized carbons (Fsp3) is 0.136.